The zero-order chi connectivity index (χ0) is 20.9. The number of para-hydroxylation sites is 1. The van der Waals surface area contributed by atoms with E-state index in [9.17, 15) is 18.0 Å². The molecule has 29 heavy (non-hydrogen) atoms. The molecule has 2 aromatic carbocycles. The van der Waals surface area contributed by atoms with E-state index in [-0.39, 0.29) is 5.69 Å². The fraction of sp³-hybridized carbons (Fsp3) is 0.250. The number of aromatic nitrogens is 2. The number of hydrogen-bond donors (Lipinski definition) is 2. The van der Waals surface area contributed by atoms with Crippen LogP contribution in [-0.2, 0) is 12.6 Å². The Kier molecular flexibility index (Phi) is 6.16. The fourth-order valence-corrected chi connectivity index (χ4v) is 2.62. The van der Waals surface area contributed by atoms with Gasteiger partial charge >= 0.3 is 12.2 Å². The highest BCUT2D eigenvalue weighted by Gasteiger charge is 2.33. The van der Waals surface area contributed by atoms with Gasteiger partial charge in [0, 0.05) is 17.7 Å². The van der Waals surface area contributed by atoms with Crippen molar-refractivity contribution in [3.05, 3.63) is 60.0 Å². The van der Waals surface area contributed by atoms with Gasteiger partial charge in [-0.25, -0.2) is 4.79 Å². The summed E-state index contributed by atoms with van der Waals surface area (Å²) in [6.07, 6.45) is -1.88. The number of rotatable bonds is 6. The van der Waals surface area contributed by atoms with Crippen molar-refractivity contribution in [2.24, 2.45) is 0 Å². The first kappa shape index (κ1) is 20.4. The zero-order valence-electron chi connectivity index (χ0n) is 15.6. The Hall–Kier alpha value is -3.36. The summed E-state index contributed by atoms with van der Waals surface area (Å²) < 4.78 is 44.6. The van der Waals surface area contributed by atoms with E-state index in [1.54, 1.807) is 24.3 Å². The highest BCUT2D eigenvalue weighted by molar-refractivity contribution is 6.00. The Bertz CT molecular complexity index is 968. The van der Waals surface area contributed by atoms with Gasteiger partial charge in [-0.1, -0.05) is 25.5 Å². The van der Waals surface area contributed by atoms with Crippen LogP contribution in [0.15, 0.2) is 52.9 Å². The summed E-state index contributed by atoms with van der Waals surface area (Å²) in [5.74, 6) is 0.929. The van der Waals surface area contributed by atoms with Crippen molar-refractivity contribution in [2.45, 2.75) is 32.4 Å². The maximum absolute atomic E-state index is 13.0. The van der Waals surface area contributed by atoms with Crippen LogP contribution >= 0.6 is 0 Å². The van der Waals surface area contributed by atoms with E-state index < -0.39 is 17.8 Å². The number of urea groups is 1. The maximum Gasteiger partial charge on any atom is 0.418 e. The van der Waals surface area contributed by atoms with E-state index in [1.807, 2.05) is 0 Å². The molecule has 3 rings (SSSR count). The predicted molar refractivity (Wildman–Crippen MR) is 102 cm³/mol. The standard InChI is InChI=1S/C20H19F3N4O2/c1-2-3-8-17-26-27-18(29-17)13-9-11-14(12-10-13)24-19(28)25-16-7-5-4-6-15(16)20(21,22)23/h4-7,9-12H,2-3,8H2,1H3,(H2,24,25,28). The van der Waals surface area contributed by atoms with Crippen molar-refractivity contribution < 1.29 is 22.4 Å². The lowest BCUT2D eigenvalue weighted by molar-refractivity contribution is -0.136. The van der Waals surface area contributed by atoms with Gasteiger partial charge in [0.2, 0.25) is 11.8 Å². The Labute approximate surface area is 165 Å². The first-order valence-corrected chi connectivity index (χ1v) is 9.04. The number of carbonyl (C=O) groups is 1. The molecule has 9 heteroatoms. The Morgan fingerprint density at radius 3 is 2.45 bits per heavy atom. The third-order valence-corrected chi connectivity index (χ3v) is 4.08. The van der Waals surface area contributed by atoms with Crippen molar-refractivity contribution in [1.29, 1.82) is 0 Å². The van der Waals surface area contributed by atoms with Crippen LogP contribution in [0.5, 0.6) is 0 Å². The van der Waals surface area contributed by atoms with Crippen molar-refractivity contribution in [2.75, 3.05) is 10.6 Å². The van der Waals surface area contributed by atoms with Crippen LogP contribution < -0.4 is 10.6 Å². The molecule has 2 amide bonds. The van der Waals surface area contributed by atoms with Crippen molar-refractivity contribution in [3.8, 4) is 11.5 Å². The minimum absolute atomic E-state index is 0.320. The second kappa shape index (κ2) is 8.76. The summed E-state index contributed by atoms with van der Waals surface area (Å²) in [6, 6.07) is 10.5. The molecule has 6 nitrogen and oxygen atoms in total. The Morgan fingerprint density at radius 2 is 1.76 bits per heavy atom. The van der Waals surface area contributed by atoms with Gasteiger partial charge in [0.1, 0.15) is 0 Å². The smallest absolute Gasteiger partial charge is 0.418 e. The topological polar surface area (TPSA) is 80.0 Å². The summed E-state index contributed by atoms with van der Waals surface area (Å²) >= 11 is 0. The van der Waals surface area contributed by atoms with Crippen molar-refractivity contribution in [3.63, 3.8) is 0 Å². The molecule has 0 aliphatic heterocycles. The molecule has 3 aromatic rings. The molecule has 152 valence electrons. The average Bonchev–Trinajstić information content (AvgIpc) is 3.15. The molecule has 0 spiro atoms. The first-order chi connectivity index (χ1) is 13.9. The molecule has 0 bridgehead atoms. The van der Waals surface area contributed by atoms with E-state index in [1.165, 1.54) is 18.2 Å². The number of alkyl halides is 3. The third-order valence-electron chi connectivity index (χ3n) is 4.08. The molecule has 0 radical (unpaired) electrons. The summed E-state index contributed by atoms with van der Waals surface area (Å²) in [4.78, 5) is 12.1. The number of nitrogens with zero attached hydrogens (tertiary/aromatic N) is 2. The first-order valence-electron chi connectivity index (χ1n) is 9.04. The maximum atomic E-state index is 13.0. The molecule has 0 saturated heterocycles. The molecule has 0 fully saturated rings. The average molecular weight is 404 g/mol. The van der Waals surface area contributed by atoms with E-state index in [2.05, 4.69) is 27.8 Å². The zero-order valence-corrected chi connectivity index (χ0v) is 15.6. The normalized spacial score (nSPS) is 11.3. The number of hydrogen-bond acceptors (Lipinski definition) is 4. The molecule has 0 aliphatic carbocycles. The summed E-state index contributed by atoms with van der Waals surface area (Å²) in [5.41, 5.74) is -0.157. The van der Waals surface area contributed by atoms with E-state index >= 15 is 0 Å². The monoisotopic (exact) mass is 404 g/mol. The quantitative estimate of drug-likeness (QED) is 0.549. The lowest BCUT2D eigenvalue weighted by atomic mass is 10.1. The number of aryl methyl sites for hydroxylation is 1. The van der Waals surface area contributed by atoms with Gasteiger partial charge < -0.3 is 15.1 Å². The van der Waals surface area contributed by atoms with Gasteiger partial charge in [0.05, 0.1) is 11.3 Å². The lowest BCUT2D eigenvalue weighted by Gasteiger charge is -2.14. The van der Waals surface area contributed by atoms with Gasteiger partial charge in [0.15, 0.2) is 0 Å². The number of anilines is 2. The van der Waals surface area contributed by atoms with Crippen molar-refractivity contribution in [1.82, 2.24) is 10.2 Å². The van der Waals surface area contributed by atoms with Crippen LogP contribution in [0.4, 0.5) is 29.3 Å². The molecule has 0 aliphatic rings. The summed E-state index contributed by atoms with van der Waals surface area (Å²) in [7, 11) is 0. The highest BCUT2D eigenvalue weighted by atomic mass is 19.4. The van der Waals surface area contributed by atoms with Gasteiger partial charge in [-0.2, -0.15) is 13.2 Å². The lowest BCUT2D eigenvalue weighted by Crippen LogP contribution is -2.21. The van der Waals surface area contributed by atoms with Gasteiger partial charge in [0.25, 0.3) is 0 Å². The van der Waals surface area contributed by atoms with Crippen LogP contribution in [-0.4, -0.2) is 16.2 Å². The number of benzene rings is 2. The molecule has 1 heterocycles. The molecule has 0 saturated carbocycles. The number of halogens is 3. The highest BCUT2D eigenvalue weighted by Crippen LogP contribution is 2.34. The number of carbonyl (C=O) groups excluding carboxylic acids is 1. The number of unbranched alkanes of at least 4 members (excludes halogenated alkanes) is 1. The van der Waals surface area contributed by atoms with Crippen molar-refractivity contribution >= 4 is 17.4 Å². The molecule has 0 atom stereocenters. The molecule has 2 N–H and O–H groups in total. The van der Waals surface area contributed by atoms with Crippen LogP contribution in [0.1, 0.15) is 31.2 Å². The second-order valence-electron chi connectivity index (χ2n) is 6.30. The number of amides is 2. The molecular formula is C20H19F3N4O2. The van der Waals surface area contributed by atoms with E-state index in [4.69, 9.17) is 4.42 Å². The Morgan fingerprint density at radius 1 is 1.03 bits per heavy atom. The minimum atomic E-state index is -4.56. The van der Waals surface area contributed by atoms with Gasteiger partial charge in [-0.05, 0) is 42.8 Å². The van der Waals surface area contributed by atoms with Gasteiger partial charge in [-0.15, -0.1) is 10.2 Å². The SMILES string of the molecule is CCCCc1nnc(-c2ccc(NC(=O)Nc3ccccc3C(F)(F)F)cc2)o1. The summed E-state index contributed by atoms with van der Waals surface area (Å²) in [5, 5.41) is 12.7. The van der Waals surface area contributed by atoms with Crippen LogP contribution in [0.25, 0.3) is 11.5 Å². The largest absolute Gasteiger partial charge is 0.421 e. The third kappa shape index (κ3) is 5.34. The minimum Gasteiger partial charge on any atom is -0.421 e. The van der Waals surface area contributed by atoms with Crippen LogP contribution in [0.2, 0.25) is 0 Å². The second-order valence-corrected chi connectivity index (χ2v) is 6.30. The van der Waals surface area contributed by atoms with Gasteiger partial charge in [-0.3, -0.25) is 0 Å². The van der Waals surface area contributed by atoms with E-state index in [0.717, 1.165) is 18.9 Å². The number of nitrogens with one attached hydrogen (secondary N) is 2. The van der Waals surface area contributed by atoms with Crippen LogP contribution in [0, 0.1) is 0 Å². The molecular weight excluding hydrogens is 385 g/mol. The Balaban J connectivity index is 1.64. The fourth-order valence-electron chi connectivity index (χ4n) is 2.62. The van der Waals surface area contributed by atoms with Crippen LogP contribution in [0.3, 0.4) is 0 Å². The predicted octanol–water partition coefficient (Wildman–Crippen LogP) is 5.74. The molecule has 0 unspecified atom stereocenters. The molecule has 1 aromatic heterocycles. The van der Waals surface area contributed by atoms with E-state index in [0.29, 0.717) is 29.5 Å². The summed E-state index contributed by atoms with van der Waals surface area (Å²) in [6.45, 7) is 2.07.